The van der Waals surface area contributed by atoms with Crippen LogP contribution in [0.5, 0.6) is 5.75 Å². The van der Waals surface area contributed by atoms with Gasteiger partial charge in [-0.2, -0.15) is 0 Å². The number of benzene rings is 1. The Morgan fingerprint density at radius 3 is 2.61 bits per heavy atom. The molecule has 100 valence electrons. The summed E-state index contributed by atoms with van der Waals surface area (Å²) in [5.41, 5.74) is 2.40. The lowest BCUT2D eigenvalue weighted by molar-refractivity contribution is 0.122. The maximum absolute atomic E-state index is 10.3. The summed E-state index contributed by atoms with van der Waals surface area (Å²) < 4.78 is 5.67. The van der Waals surface area contributed by atoms with E-state index < -0.39 is 6.10 Å². The van der Waals surface area contributed by atoms with E-state index in [4.69, 9.17) is 4.74 Å². The molecule has 1 unspecified atom stereocenters. The molecule has 0 aliphatic carbocycles. The zero-order chi connectivity index (χ0) is 13.6. The van der Waals surface area contributed by atoms with Crippen LogP contribution in [0.1, 0.15) is 58.3 Å². The number of ether oxygens (including phenoxy) is 1. The fourth-order valence-electron chi connectivity index (χ4n) is 2.44. The zero-order valence-corrected chi connectivity index (χ0v) is 12.1. The van der Waals surface area contributed by atoms with Gasteiger partial charge in [0.05, 0.1) is 12.7 Å². The van der Waals surface area contributed by atoms with E-state index in [1.807, 2.05) is 12.1 Å². The fourth-order valence-corrected chi connectivity index (χ4v) is 2.44. The molecular weight excluding hydrogens is 224 g/mol. The van der Waals surface area contributed by atoms with Gasteiger partial charge in [-0.1, -0.05) is 40.7 Å². The topological polar surface area (TPSA) is 29.5 Å². The van der Waals surface area contributed by atoms with Crippen LogP contribution in [0.25, 0.3) is 0 Å². The number of aliphatic hydroxyl groups is 1. The van der Waals surface area contributed by atoms with Crippen molar-refractivity contribution in [2.75, 3.05) is 6.61 Å². The molecule has 2 nitrogen and oxygen atoms in total. The lowest BCUT2D eigenvalue weighted by Crippen LogP contribution is -2.18. The Bertz CT molecular complexity index is 441. The first-order chi connectivity index (χ1) is 8.19. The molecule has 1 aromatic rings. The Morgan fingerprint density at radius 2 is 2.00 bits per heavy atom. The van der Waals surface area contributed by atoms with Crippen LogP contribution in [0.4, 0.5) is 0 Å². The van der Waals surface area contributed by atoms with E-state index >= 15 is 0 Å². The van der Waals surface area contributed by atoms with Gasteiger partial charge in [0.2, 0.25) is 0 Å². The summed E-state index contributed by atoms with van der Waals surface area (Å²) in [6.45, 7) is 11.5. The van der Waals surface area contributed by atoms with Gasteiger partial charge in [0.25, 0.3) is 0 Å². The number of rotatable bonds is 2. The van der Waals surface area contributed by atoms with Crippen molar-refractivity contribution in [1.29, 1.82) is 0 Å². The second-order valence-electron chi connectivity index (χ2n) is 7.21. The van der Waals surface area contributed by atoms with E-state index in [9.17, 15) is 5.11 Å². The van der Waals surface area contributed by atoms with E-state index in [-0.39, 0.29) is 10.8 Å². The van der Waals surface area contributed by atoms with Crippen molar-refractivity contribution in [3.8, 4) is 5.75 Å². The van der Waals surface area contributed by atoms with Crippen molar-refractivity contribution in [3.63, 3.8) is 0 Å². The zero-order valence-electron chi connectivity index (χ0n) is 12.1. The van der Waals surface area contributed by atoms with Crippen LogP contribution in [0, 0.1) is 5.41 Å². The quantitative estimate of drug-likeness (QED) is 0.862. The van der Waals surface area contributed by atoms with E-state index in [0.29, 0.717) is 0 Å². The van der Waals surface area contributed by atoms with Crippen LogP contribution in [0.15, 0.2) is 18.2 Å². The maximum Gasteiger partial charge on any atom is 0.123 e. The average molecular weight is 248 g/mol. The normalized spacial score (nSPS) is 19.2. The second-order valence-corrected chi connectivity index (χ2v) is 7.21. The molecule has 0 bridgehead atoms. The van der Waals surface area contributed by atoms with Crippen LogP contribution in [-0.2, 0) is 5.41 Å². The Kier molecular flexibility index (Phi) is 3.18. The summed E-state index contributed by atoms with van der Waals surface area (Å²) in [6, 6.07) is 6.08. The van der Waals surface area contributed by atoms with Crippen molar-refractivity contribution >= 4 is 0 Å². The predicted molar refractivity (Wildman–Crippen MR) is 74.0 cm³/mol. The van der Waals surface area contributed by atoms with Gasteiger partial charge in [0.1, 0.15) is 5.75 Å². The van der Waals surface area contributed by atoms with Crippen LogP contribution in [0.2, 0.25) is 0 Å². The molecule has 0 radical (unpaired) electrons. The molecule has 1 heterocycles. The van der Waals surface area contributed by atoms with Gasteiger partial charge in [0.15, 0.2) is 0 Å². The van der Waals surface area contributed by atoms with E-state index in [0.717, 1.165) is 24.3 Å². The Labute approximate surface area is 110 Å². The smallest absolute Gasteiger partial charge is 0.123 e. The molecule has 1 N–H and O–H groups in total. The summed E-state index contributed by atoms with van der Waals surface area (Å²) in [6.07, 6.45) is 0.374. The monoisotopic (exact) mass is 248 g/mol. The minimum atomic E-state index is -0.397. The highest BCUT2D eigenvalue weighted by molar-refractivity contribution is 5.45. The van der Waals surface area contributed by atoms with Gasteiger partial charge >= 0.3 is 0 Å². The van der Waals surface area contributed by atoms with E-state index in [2.05, 4.69) is 40.7 Å². The fraction of sp³-hybridized carbons (Fsp3) is 0.625. The maximum atomic E-state index is 10.3. The van der Waals surface area contributed by atoms with Gasteiger partial charge in [-0.05, 0) is 29.5 Å². The van der Waals surface area contributed by atoms with Gasteiger partial charge in [-0.15, -0.1) is 0 Å². The van der Waals surface area contributed by atoms with Gasteiger partial charge < -0.3 is 9.84 Å². The summed E-state index contributed by atoms with van der Waals surface area (Å²) in [5, 5.41) is 10.3. The van der Waals surface area contributed by atoms with E-state index in [1.54, 1.807) is 0 Å². The first kappa shape index (κ1) is 13.4. The molecule has 1 aliphatic rings. The highest BCUT2D eigenvalue weighted by Gasteiger charge is 2.32. The Hall–Kier alpha value is -1.02. The molecule has 0 saturated heterocycles. The van der Waals surface area contributed by atoms with Crippen molar-refractivity contribution in [2.24, 2.45) is 5.41 Å². The molecule has 2 heteroatoms. The summed E-state index contributed by atoms with van der Waals surface area (Å²) in [7, 11) is 0. The average Bonchev–Trinajstić information content (AvgIpc) is 2.52. The van der Waals surface area contributed by atoms with Gasteiger partial charge in [-0.25, -0.2) is 0 Å². The minimum Gasteiger partial charge on any atom is -0.492 e. The number of aliphatic hydroxyl groups excluding tert-OH is 1. The van der Waals surface area contributed by atoms with Crippen LogP contribution >= 0.6 is 0 Å². The summed E-state index contributed by atoms with van der Waals surface area (Å²) in [4.78, 5) is 0. The lowest BCUT2D eigenvalue weighted by Gasteiger charge is -2.23. The highest BCUT2D eigenvalue weighted by atomic mass is 16.5. The third-order valence-corrected chi connectivity index (χ3v) is 3.51. The largest absolute Gasteiger partial charge is 0.492 e. The number of hydrogen-bond donors (Lipinski definition) is 1. The van der Waals surface area contributed by atoms with Crippen LogP contribution in [-0.4, -0.2) is 11.7 Å². The Morgan fingerprint density at radius 1 is 1.33 bits per heavy atom. The highest BCUT2D eigenvalue weighted by Crippen LogP contribution is 2.40. The molecule has 0 amide bonds. The minimum absolute atomic E-state index is 0.0484. The third kappa shape index (κ3) is 2.69. The standard InChI is InChI=1S/C16H24O2/c1-15(2,3)9-13(17)11-6-7-14-12(8-11)16(4,5)10-18-14/h6-8,13,17H,9-10H2,1-5H3. The lowest BCUT2D eigenvalue weighted by atomic mass is 9.83. The first-order valence-corrected chi connectivity index (χ1v) is 6.64. The first-order valence-electron chi connectivity index (χ1n) is 6.64. The Balaban J connectivity index is 2.27. The van der Waals surface area contributed by atoms with E-state index in [1.165, 1.54) is 5.56 Å². The SMILES string of the molecule is CC(C)(C)CC(O)c1ccc2c(c1)C(C)(C)CO2. The van der Waals surface area contributed by atoms with Crippen molar-refractivity contribution < 1.29 is 9.84 Å². The predicted octanol–water partition coefficient (Wildman–Crippen LogP) is 3.83. The van der Waals surface area contributed by atoms with Crippen molar-refractivity contribution in [1.82, 2.24) is 0 Å². The van der Waals surface area contributed by atoms with Gasteiger partial charge in [0, 0.05) is 11.0 Å². The molecule has 18 heavy (non-hydrogen) atoms. The molecule has 1 atom stereocenters. The number of hydrogen-bond acceptors (Lipinski definition) is 2. The second kappa shape index (κ2) is 4.27. The number of fused-ring (bicyclic) bond motifs is 1. The molecule has 2 rings (SSSR count). The molecule has 1 aromatic carbocycles. The van der Waals surface area contributed by atoms with Crippen LogP contribution in [0.3, 0.4) is 0 Å². The summed E-state index contributed by atoms with van der Waals surface area (Å²) in [5.74, 6) is 0.965. The molecular formula is C16H24O2. The van der Waals surface area contributed by atoms with Gasteiger partial charge in [-0.3, -0.25) is 0 Å². The molecule has 0 saturated carbocycles. The molecule has 0 spiro atoms. The molecule has 1 aliphatic heterocycles. The summed E-state index contributed by atoms with van der Waals surface area (Å²) >= 11 is 0. The molecule has 0 fully saturated rings. The van der Waals surface area contributed by atoms with Crippen molar-refractivity contribution in [2.45, 2.75) is 52.6 Å². The molecule has 0 aromatic heterocycles. The van der Waals surface area contributed by atoms with Crippen molar-refractivity contribution in [3.05, 3.63) is 29.3 Å². The third-order valence-electron chi connectivity index (χ3n) is 3.51. The van der Waals surface area contributed by atoms with Crippen LogP contribution < -0.4 is 4.74 Å².